The Bertz CT molecular complexity index is 1000. The Labute approximate surface area is 221 Å². The summed E-state index contributed by atoms with van der Waals surface area (Å²) in [6, 6.07) is 4.25. The first-order valence-corrected chi connectivity index (χ1v) is 15.3. The van der Waals surface area contributed by atoms with E-state index in [4.69, 9.17) is 0 Å². The van der Waals surface area contributed by atoms with Gasteiger partial charge >= 0.3 is 0 Å². The molecule has 0 radical (unpaired) electrons. The molecule has 5 heteroatoms. The Hall–Kier alpha value is -1.49. The van der Waals surface area contributed by atoms with Gasteiger partial charge in [0.1, 0.15) is 11.6 Å². The molecule has 1 amide bonds. The van der Waals surface area contributed by atoms with Crippen LogP contribution in [0.2, 0.25) is 0 Å². The van der Waals surface area contributed by atoms with Gasteiger partial charge in [0, 0.05) is 36.5 Å². The lowest BCUT2D eigenvalue weighted by Gasteiger charge is -2.59. The summed E-state index contributed by atoms with van der Waals surface area (Å²) in [5.74, 6) is 3.39. The smallest absolute Gasteiger partial charge is 0.220 e. The second-order valence-corrected chi connectivity index (χ2v) is 14.5. The minimum Gasteiger partial charge on any atom is -0.348 e. The summed E-state index contributed by atoms with van der Waals surface area (Å²) in [5, 5.41) is 5.42. The van der Waals surface area contributed by atoms with Crippen molar-refractivity contribution in [2.75, 3.05) is 0 Å². The molecule has 0 aromatic carbocycles. The molecular weight excluding hydrogens is 466 g/mol. The van der Waals surface area contributed by atoms with E-state index in [2.05, 4.69) is 57.4 Å². The van der Waals surface area contributed by atoms with E-state index in [1.165, 1.54) is 4.88 Å². The first kappa shape index (κ1) is 26.1. The molecule has 4 saturated carbocycles. The maximum atomic E-state index is 13.6. The topological polar surface area (TPSA) is 63.2 Å². The van der Waals surface area contributed by atoms with Gasteiger partial charge in [-0.05, 0) is 89.9 Å². The van der Waals surface area contributed by atoms with E-state index in [0.29, 0.717) is 66.8 Å². The highest BCUT2D eigenvalue weighted by atomic mass is 32.1. The third kappa shape index (κ3) is 4.31. The fourth-order valence-corrected chi connectivity index (χ4v) is 10.3. The van der Waals surface area contributed by atoms with Crippen molar-refractivity contribution in [2.24, 2.45) is 52.3 Å². The van der Waals surface area contributed by atoms with Crippen molar-refractivity contribution in [3.8, 4) is 0 Å². The van der Waals surface area contributed by atoms with Crippen LogP contribution >= 0.6 is 11.3 Å². The van der Waals surface area contributed by atoms with Gasteiger partial charge in [-0.25, -0.2) is 0 Å². The molecule has 0 bridgehead atoms. The number of carbonyl (C=O) groups excluding carboxylic acids is 3. The molecule has 0 spiro atoms. The molecule has 1 aromatic heterocycles. The summed E-state index contributed by atoms with van der Waals surface area (Å²) in [5.41, 5.74) is 0.278. The number of carbonyl (C=O) groups is 3. The maximum absolute atomic E-state index is 13.6. The van der Waals surface area contributed by atoms with Gasteiger partial charge in [0.2, 0.25) is 5.91 Å². The lowest BCUT2D eigenvalue weighted by molar-refractivity contribution is -0.159. The monoisotopic (exact) mass is 511 g/mol. The molecule has 1 N–H and O–H groups in total. The fraction of sp³-hybridized carbons (Fsp3) is 0.774. The number of hydrogen-bond donors (Lipinski definition) is 1. The lowest BCUT2D eigenvalue weighted by atomic mass is 9.44. The highest BCUT2D eigenvalue weighted by Crippen LogP contribution is 2.67. The van der Waals surface area contributed by atoms with E-state index in [1.807, 2.05) is 0 Å². The largest absolute Gasteiger partial charge is 0.348 e. The zero-order valence-corrected chi connectivity index (χ0v) is 23.7. The van der Waals surface area contributed by atoms with Crippen LogP contribution in [0.5, 0.6) is 0 Å². The second-order valence-electron chi connectivity index (χ2n) is 13.6. The van der Waals surface area contributed by atoms with E-state index in [0.717, 1.165) is 32.1 Å². The molecule has 4 aliphatic carbocycles. The number of amides is 1. The van der Waals surface area contributed by atoms with E-state index in [-0.39, 0.29) is 34.6 Å². The van der Waals surface area contributed by atoms with Crippen molar-refractivity contribution in [3.63, 3.8) is 0 Å². The van der Waals surface area contributed by atoms with E-state index in [1.54, 1.807) is 11.3 Å². The summed E-state index contributed by atoms with van der Waals surface area (Å²) in [6.07, 6.45) is 7.96. The van der Waals surface area contributed by atoms with Crippen LogP contribution in [0.25, 0.3) is 0 Å². The average Bonchev–Trinajstić information content (AvgIpc) is 3.46. The second kappa shape index (κ2) is 9.67. The highest BCUT2D eigenvalue weighted by molar-refractivity contribution is 7.10. The highest BCUT2D eigenvalue weighted by Gasteiger charge is 2.63. The van der Waals surface area contributed by atoms with Crippen LogP contribution in [0.3, 0.4) is 0 Å². The van der Waals surface area contributed by atoms with Crippen LogP contribution in [0.1, 0.15) is 103 Å². The first-order chi connectivity index (χ1) is 17.0. The Kier molecular flexibility index (Phi) is 7.02. The molecular formula is C31H45NO3S. The van der Waals surface area contributed by atoms with Crippen LogP contribution < -0.4 is 5.32 Å². The van der Waals surface area contributed by atoms with Gasteiger partial charge in [-0.2, -0.15) is 0 Å². The minimum atomic E-state index is 0.0722. The van der Waals surface area contributed by atoms with Crippen LogP contribution in [0.15, 0.2) is 17.5 Å². The van der Waals surface area contributed by atoms with E-state index < -0.39 is 0 Å². The predicted octanol–water partition coefficient (Wildman–Crippen LogP) is 6.99. The van der Waals surface area contributed by atoms with Gasteiger partial charge in [-0.15, -0.1) is 11.3 Å². The third-order valence-electron chi connectivity index (χ3n) is 11.4. The number of nitrogens with one attached hydrogen (secondary N) is 1. The number of fused-ring (bicyclic) bond motifs is 5. The van der Waals surface area contributed by atoms with E-state index in [9.17, 15) is 14.4 Å². The number of thiophene rings is 1. The Morgan fingerprint density at radius 3 is 2.50 bits per heavy atom. The van der Waals surface area contributed by atoms with Crippen molar-refractivity contribution >= 4 is 28.8 Å². The van der Waals surface area contributed by atoms with Gasteiger partial charge in [0.15, 0.2) is 0 Å². The number of ketones is 2. The average molecular weight is 512 g/mol. The SMILES string of the molecule is CC(C)[C@H](NC(=O)C[C@@H](C)[C@H]1CC[C@H]2[C@@H]3C(=O)C[C@@H]4CC(=O)CC[C@]4(C)[C@H]3CC[C@]12C)c1cccs1. The van der Waals surface area contributed by atoms with Crippen molar-refractivity contribution in [1.82, 2.24) is 5.32 Å². The summed E-state index contributed by atoms with van der Waals surface area (Å²) in [4.78, 5) is 40.2. The van der Waals surface area contributed by atoms with Crippen molar-refractivity contribution in [2.45, 2.75) is 98.4 Å². The van der Waals surface area contributed by atoms with E-state index >= 15 is 0 Å². The molecule has 1 aromatic rings. The molecule has 4 nitrogen and oxygen atoms in total. The Balaban J connectivity index is 1.29. The molecule has 0 unspecified atom stereocenters. The van der Waals surface area contributed by atoms with Crippen LogP contribution in [-0.4, -0.2) is 17.5 Å². The third-order valence-corrected chi connectivity index (χ3v) is 12.3. The van der Waals surface area contributed by atoms with Gasteiger partial charge in [-0.1, -0.05) is 40.7 Å². The number of Topliss-reactive ketones (excluding diaryl/α,β-unsaturated/α-hetero) is 2. The van der Waals surface area contributed by atoms with Crippen LogP contribution in [0.4, 0.5) is 0 Å². The standard InChI is InChI=1S/C31H45NO3S/c1-18(2)29(26-7-6-14-36-26)32-27(35)15-19(3)22-8-9-23-28-24(11-13-31(22,23)5)30(4)12-10-21(33)16-20(30)17-25(28)34/h6-7,14,18-20,22-24,28-29H,8-13,15-17H2,1-5H3,(H,32,35)/t19-,20+,22-,23+,24+,28+,29+,30+,31-/m1/s1. The predicted molar refractivity (Wildman–Crippen MR) is 144 cm³/mol. The maximum Gasteiger partial charge on any atom is 0.220 e. The van der Waals surface area contributed by atoms with Gasteiger partial charge in [0.05, 0.1) is 6.04 Å². The Morgan fingerprint density at radius 2 is 1.81 bits per heavy atom. The van der Waals surface area contributed by atoms with Crippen LogP contribution in [0, 0.1) is 52.3 Å². The zero-order valence-electron chi connectivity index (χ0n) is 22.8. The van der Waals surface area contributed by atoms with Crippen molar-refractivity contribution < 1.29 is 14.4 Å². The number of rotatable bonds is 6. The molecule has 9 atom stereocenters. The Morgan fingerprint density at radius 1 is 1.06 bits per heavy atom. The van der Waals surface area contributed by atoms with Gasteiger partial charge in [-0.3, -0.25) is 14.4 Å². The molecule has 5 rings (SSSR count). The molecule has 0 aliphatic heterocycles. The molecule has 4 fully saturated rings. The lowest BCUT2D eigenvalue weighted by Crippen LogP contribution is -2.57. The molecule has 1 heterocycles. The van der Waals surface area contributed by atoms with Gasteiger partial charge < -0.3 is 5.32 Å². The van der Waals surface area contributed by atoms with Crippen molar-refractivity contribution in [3.05, 3.63) is 22.4 Å². The van der Waals surface area contributed by atoms with Crippen molar-refractivity contribution in [1.29, 1.82) is 0 Å². The zero-order chi connectivity index (χ0) is 25.8. The summed E-state index contributed by atoms with van der Waals surface area (Å²) in [7, 11) is 0. The van der Waals surface area contributed by atoms with Gasteiger partial charge in [0.25, 0.3) is 0 Å². The first-order valence-electron chi connectivity index (χ1n) is 14.4. The molecule has 4 aliphatic rings. The molecule has 36 heavy (non-hydrogen) atoms. The number of hydrogen-bond acceptors (Lipinski definition) is 4. The fourth-order valence-electron chi connectivity index (χ4n) is 9.40. The van der Waals surface area contributed by atoms with Crippen LogP contribution in [-0.2, 0) is 14.4 Å². The quantitative estimate of drug-likeness (QED) is 0.447. The summed E-state index contributed by atoms with van der Waals surface area (Å²) < 4.78 is 0. The summed E-state index contributed by atoms with van der Waals surface area (Å²) >= 11 is 1.71. The molecule has 0 saturated heterocycles. The molecule has 198 valence electrons. The summed E-state index contributed by atoms with van der Waals surface area (Å²) in [6.45, 7) is 11.4. The normalized spacial score (nSPS) is 39.8. The minimum absolute atomic E-state index is 0.0722.